The Labute approximate surface area is 91.0 Å². The first kappa shape index (κ1) is 10.9. The first-order chi connectivity index (χ1) is 7.15. The number of aliphatic carboxylic acids is 1. The topological polar surface area (TPSA) is 63.3 Å². The molecule has 0 bridgehead atoms. The fourth-order valence-corrected chi connectivity index (χ4v) is 3.65. The normalized spacial score (nSPS) is 40.1. The molecule has 0 aromatic rings. The van der Waals surface area contributed by atoms with Gasteiger partial charge in [0.1, 0.15) is 0 Å². The molecule has 86 valence electrons. The summed E-state index contributed by atoms with van der Waals surface area (Å²) in [7, 11) is 0. The Morgan fingerprint density at radius 2 is 2.07 bits per heavy atom. The van der Waals surface area contributed by atoms with Gasteiger partial charge in [-0.15, -0.1) is 0 Å². The third-order valence-electron chi connectivity index (χ3n) is 4.52. The van der Waals surface area contributed by atoms with Crippen molar-refractivity contribution in [3.05, 3.63) is 0 Å². The van der Waals surface area contributed by atoms with Gasteiger partial charge in [0, 0.05) is 0 Å². The van der Waals surface area contributed by atoms with E-state index >= 15 is 0 Å². The summed E-state index contributed by atoms with van der Waals surface area (Å²) in [6.45, 7) is 0.544. The molecule has 2 fully saturated rings. The molecule has 2 aliphatic carbocycles. The Kier molecular flexibility index (Phi) is 3.01. The van der Waals surface area contributed by atoms with E-state index in [1.165, 1.54) is 25.7 Å². The summed E-state index contributed by atoms with van der Waals surface area (Å²) in [6.07, 6.45) is 7.55. The van der Waals surface area contributed by atoms with E-state index in [0.717, 1.165) is 24.7 Å². The minimum atomic E-state index is -0.683. The van der Waals surface area contributed by atoms with Crippen LogP contribution in [0.2, 0.25) is 0 Å². The molecule has 2 saturated carbocycles. The van der Waals surface area contributed by atoms with Crippen molar-refractivity contribution in [3.8, 4) is 0 Å². The lowest BCUT2D eigenvalue weighted by Gasteiger charge is -2.41. The Bertz CT molecular complexity index is 254. The van der Waals surface area contributed by atoms with Gasteiger partial charge in [-0.2, -0.15) is 0 Å². The summed E-state index contributed by atoms with van der Waals surface area (Å²) in [4.78, 5) is 10.9. The van der Waals surface area contributed by atoms with Crippen LogP contribution in [0.4, 0.5) is 0 Å². The van der Waals surface area contributed by atoms with Gasteiger partial charge in [0.05, 0.1) is 6.42 Å². The molecule has 3 nitrogen and oxygen atoms in total. The van der Waals surface area contributed by atoms with Crippen molar-refractivity contribution >= 4 is 5.97 Å². The molecule has 0 amide bonds. The lowest BCUT2D eigenvalue weighted by Crippen LogP contribution is -2.39. The summed E-state index contributed by atoms with van der Waals surface area (Å²) in [5, 5.41) is 8.95. The minimum Gasteiger partial charge on any atom is -0.481 e. The molecule has 0 spiro atoms. The van der Waals surface area contributed by atoms with Gasteiger partial charge in [-0.05, 0) is 43.1 Å². The number of carboxylic acids is 1. The Morgan fingerprint density at radius 1 is 1.33 bits per heavy atom. The van der Waals surface area contributed by atoms with Crippen LogP contribution in [-0.4, -0.2) is 17.6 Å². The van der Waals surface area contributed by atoms with E-state index in [2.05, 4.69) is 0 Å². The van der Waals surface area contributed by atoms with Crippen molar-refractivity contribution in [2.75, 3.05) is 6.54 Å². The SMILES string of the molecule is NC[C@@]1(CC(=O)O)CCC2CCC[C@H]2C1. The fraction of sp³-hybridized carbons (Fsp3) is 0.917. The van der Waals surface area contributed by atoms with E-state index in [1.54, 1.807) is 0 Å². The molecule has 3 N–H and O–H groups in total. The molecule has 0 heterocycles. The Balaban J connectivity index is 2.04. The van der Waals surface area contributed by atoms with Gasteiger partial charge < -0.3 is 10.8 Å². The number of nitrogens with two attached hydrogens (primary N) is 1. The van der Waals surface area contributed by atoms with Crippen molar-refractivity contribution in [2.24, 2.45) is 23.0 Å². The summed E-state index contributed by atoms with van der Waals surface area (Å²) >= 11 is 0. The van der Waals surface area contributed by atoms with Crippen LogP contribution >= 0.6 is 0 Å². The Hall–Kier alpha value is -0.570. The number of hydrogen-bond donors (Lipinski definition) is 2. The molecule has 0 radical (unpaired) electrons. The Morgan fingerprint density at radius 3 is 2.73 bits per heavy atom. The molecule has 0 saturated heterocycles. The predicted octanol–water partition coefficient (Wildman–Crippen LogP) is 2.01. The quantitative estimate of drug-likeness (QED) is 0.750. The number of carbonyl (C=O) groups is 1. The summed E-state index contributed by atoms with van der Waals surface area (Å²) in [5.74, 6) is 0.956. The van der Waals surface area contributed by atoms with E-state index in [-0.39, 0.29) is 11.8 Å². The molecular weight excluding hydrogens is 190 g/mol. The lowest BCUT2D eigenvalue weighted by atomic mass is 9.65. The average molecular weight is 211 g/mol. The van der Waals surface area contributed by atoms with E-state index < -0.39 is 5.97 Å². The maximum Gasteiger partial charge on any atom is 0.303 e. The number of rotatable bonds is 3. The van der Waals surface area contributed by atoms with Crippen LogP contribution in [-0.2, 0) is 4.79 Å². The van der Waals surface area contributed by atoms with E-state index in [0.29, 0.717) is 6.54 Å². The van der Waals surface area contributed by atoms with Crippen LogP contribution in [0.5, 0.6) is 0 Å². The van der Waals surface area contributed by atoms with Crippen molar-refractivity contribution in [2.45, 2.75) is 44.9 Å². The summed E-state index contributed by atoms with van der Waals surface area (Å²) in [6, 6.07) is 0. The van der Waals surface area contributed by atoms with E-state index in [1.807, 2.05) is 0 Å². The van der Waals surface area contributed by atoms with Crippen molar-refractivity contribution in [1.29, 1.82) is 0 Å². The molecule has 0 aliphatic heterocycles. The highest BCUT2D eigenvalue weighted by Crippen LogP contribution is 2.50. The van der Waals surface area contributed by atoms with Crippen LogP contribution in [0, 0.1) is 17.3 Å². The van der Waals surface area contributed by atoms with Crippen molar-refractivity contribution in [1.82, 2.24) is 0 Å². The average Bonchev–Trinajstić information content (AvgIpc) is 2.63. The fourth-order valence-electron chi connectivity index (χ4n) is 3.65. The van der Waals surface area contributed by atoms with E-state index in [4.69, 9.17) is 10.8 Å². The van der Waals surface area contributed by atoms with Gasteiger partial charge >= 0.3 is 5.97 Å². The van der Waals surface area contributed by atoms with Gasteiger partial charge in [0.25, 0.3) is 0 Å². The summed E-state index contributed by atoms with van der Waals surface area (Å²) in [5.41, 5.74) is 5.72. The lowest BCUT2D eigenvalue weighted by molar-refractivity contribution is -0.140. The van der Waals surface area contributed by atoms with Crippen LogP contribution in [0.3, 0.4) is 0 Å². The maximum absolute atomic E-state index is 10.9. The highest BCUT2D eigenvalue weighted by atomic mass is 16.4. The largest absolute Gasteiger partial charge is 0.481 e. The smallest absolute Gasteiger partial charge is 0.303 e. The molecule has 3 atom stereocenters. The van der Waals surface area contributed by atoms with Crippen LogP contribution in [0.1, 0.15) is 44.9 Å². The van der Waals surface area contributed by atoms with Gasteiger partial charge in [-0.1, -0.05) is 19.3 Å². The summed E-state index contributed by atoms with van der Waals surface area (Å²) < 4.78 is 0. The van der Waals surface area contributed by atoms with Crippen molar-refractivity contribution < 1.29 is 9.90 Å². The number of carboxylic acid groups (broad SMARTS) is 1. The highest BCUT2D eigenvalue weighted by molar-refractivity contribution is 5.67. The predicted molar refractivity (Wildman–Crippen MR) is 58.4 cm³/mol. The van der Waals surface area contributed by atoms with Gasteiger partial charge in [0.15, 0.2) is 0 Å². The zero-order chi connectivity index (χ0) is 10.9. The monoisotopic (exact) mass is 211 g/mol. The first-order valence-corrected chi connectivity index (χ1v) is 6.07. The molecule has 2 rings (SSSR count). The second-order valence-corrected chi connectivity index (χ2v) is 5.47. The second-order valence-electron chi connectivity index (χ2n) is 5.47. The van der Waals surface area contributed by atoms with Crippen LogP contribution in [0.25, 0.3) is 0 Å². The zero-order valence-corrected chi connectivity index (χ0v) is 9.24. The van der Waals surface area contributed by atoms with Gasteiger partial charge in [0.2, 0.25) is 0 Å². The first-order valence-electron chi connectivity index (χ1n) is 6.07. The third-order valence-corrected chi connectivity index (χ3v) is 4.52. The molecule has 3 heteroatoms. The van der Waals surface area contributed by atoms with Crippen LogP contribution in [0.15, 0.2) is 0 Å². The maximum atomic E-state index is 10.9. The van der Waals surface area contributed by atoms with Crippen molar-refractivity contribution in [3.63, 3.8) is 0 Å². The molecule has 1 unspecified atom stereocenters. The van der Waals surface area contributed by atoms with Gasteiger partial charge in [-0.25, -0.2) is 0 Å². The minimum absolute atomic E-state index is 0.0860. The van der Waals surface area contributed by atoms with Gasteiger partial charge in [-0.3, -0.25) is 4.79 Å². The highest BCUT2D eigenvalue weighted by Gasteiger charge is 2.42. The zero-order valence-electron chi connectivity index (χ0n) is 9.24. The molecule has 15 heavy (non-hydrogen) atoms. The standard InChI is InChI=1S/C12H21NO2/c13-8-12(7-11(14)15)5-4-9-2-1-3-10(9)6-12/h9-10H,1-8,13H2,(H,14,15)/t9?,10-,12-/m0/s1. The molecule has 2 aliphatic rings. The number of hydrogen-bond acceptors (Lipinski definition) is 2. The molecule has 0 aromatic heterocycles. The van der Waals surface area contributed by atoms with Crippen LogP contribution < -0.4 is 5.73 Å². The van der Waals surface area contributed by atoms with E-state index in [9.17, 15) is 4.79 Å². The molecule has 0 aromatic carbocycles. The number of fused-ring (bicyclic) bond motifs is 1. The molecular formula is C12H21NO2. The second kappa shape index (κ2) is 4.12. The third kappa shape index (κ3) is 2.17.